The van der Waals surface area contributed by atoms with Gasteiger partial charge < -0.3 is 15.8 Å². The molecule has 1 aromatic carbocycles. The summed E-state index contributed by atoms with van der Waals surface area (Å²) < 4.78 is 5.05. The number of amides is 1. The molecule has 0 fully saturated rings. The normalized spacial score (nSPS) is 10.1. The van der Waals surface area contributed by atoms with E-state index in [-0.39, 0.29) is 5.91 Å². The van der Waals surface area contributed by atoms with Crippen LogP contribution in [-0.4, -0.2) is 19.6 Å². The van der Waals surface area contributed by atoms with Gasteiger partial charge in [-0.25, -0.2) is 0 Å². The molecule has 0 aliphatic rings. The van der Waals surface area contributed by atoms with Crippen LogP contribution in [0.5, 0.6) is 5.75 Å². The Balaban J connectivity index is 2.44. The van der Waals surface area contributed by atoms with Crippen molar-refractivity contribution in [1.82, 2.24) is 5.32 Å². The average molecular weight is 250 g/mol. The van der Waals surface area contributed by atoms with Gasteiger partial charge in [-0.1, -0.05) is 26.2 Å². The quantitative estimate of drug-likeness (QED) is 0.577. The van der Waals surface area contributed by atoms with E-state index in [4.69, 9.17) is 10.5 Å². The van der Waals surface area contributed by atoms with Gasteiger partial charge in [-0.3, -0.25) is 4.79 Å². The molecule has 1 rings (SSSR count). The highest BCUT2D eigenvalue weighted by Gasteiger charge is 2.07. The number of unbranched alkanes of at least 4 members (excludes halogenated alkanes) is 3. The van der Waals surface area contributed by atoms with Crippen LogP contribution in [0.15, 0.2) is 18.2 Å². The van der Waals surface area contributed by atoms with Crippen molar-refractivity contribution < 1.29 is 9.53 Å². The Morgan fingerprint density at radius 2 is 2.11 bits per heavy atom. The van der Waals surface area contributed by atoms with Gasteiger partial charge in [0.05, 0.1) is 12.8 Å². The molecule has 18 heavy (non-hydrogen) atoms. The van der Waals surface area contributed by atoms with Gasteiger partial charge in [0.15, 0.2) is 0 Å². The summed E-state index contributed by atoms with van der Waals surface area (Å²) in [5.41, 5.74) is 6.81. The fourth-order valence-corrected chi connectivity index (χ4v) is 1.73. The van der Waals surface area contributed by atoms with Crippen molar-refractivity contribution in [2.45, 2.75) is 32.6 Å². The van der Waals surface area contributed by atoms with Crippen molar-refractivity contribution in [3.63, 3.8) is 0 Å². The summed E-state index contributed by atoms with van der Waals surface area (Å²) in [6.07, 6.45) is 4.58. The fourth-order valence-electron chi connectivity index (χ4n) is 1.73. The Labute approximate surface area is 109 Å². The molecule has 0 atom stereocenters. The molecular weight excluding hydrogens is 228 g/mol. The maximum Gasteiger partial charge on any atom is 0.251 e. The minimum absolute atomic E-state index is 0.0825. The third-order valence-electron chi connectivity index (χ3n) is 2.81. The van der Waals surface area contributed by atoms with E-state index in [1.165, 1.54) is 12.8 Å². The predicted octanol–water partition coefficient (Wildman–Crippen LogP) is 2.59. The summed E-state index contributed by atoms with van der Waals surface area (Å²) >= 11 is 0. The highest BCUT2D eigenvalue weighted by molar-refractivity contribution is 5.95. The second kappa shape index (κ2) is 7.58. The minimum atomic E-state index is -0.0825. The predicted molar refractivity (Wildman–Crippen MR) is 73.9 cm³/mol. The van der Waals surface area contributed by atoms with Gasteiger partial charge in [0, 0.05) is 12.1 Å². The Morgan fingerprint density at radius 3 is 2.72 bits per heavy atom. The number of nitrogens with one attached hydrogen (secondary N) is 1. The lowest BCUT2D eigenvalue weighted by molar-refractivity contribution is 0.0953. The molecule has 0 unspecified atom stereocenters. The Morgan fingerprint density at radius 1 is 1.33 bits per heavy atom. The van der Waals surface area contributed by atoms with Crippen molar-refractivity contribution in [2.24, 2.45) is 0 Å². The number of hydrogen-bond donors (Lipinski definition) is 2. The Hall–Kier alpha value is -1.71. The molecule has 4 nitrogen and oxygen atoms in total. The number of carbonyl (C=O) groups is 1. The molecule has 0 aliphatic heterocycles. The Kier molecular flexibility index (Phi) is 6.05. The molecule has 0 radical (unpaired) electrons. The van der Waals surface area contributed by atoms with Crippen LogP contribution in [0.2, 0.25) is 0 Å². The van der Waals surface area contributed by atoms with Gasteiger partial charge in [-0.05, 0) is 24.6 Å². The van der Waals surface area contributed by atoms with E-state index >= 15 is 0 Å². The second-order valence-electron chi connectivity index (χ2n) is 4.27. The Bertz CT molecular complexity index is 391. The van der Waals surface area contributed by atoms with Crippen LogP contribution in [0.25, 0.3) is 0 Å². The van der Waals surface area contributed by atoms with E-state index in [1.54, 1.807) is 25.3 Å². The summed E-state index contributed by atoms with van der Waals surface area (Å²) in [4.78, 5) is 11.8. The monoisotopic (exact) mass is 250 g/mol. The molecule has 1 aromatic rings. The summed E-state index contributed by atoms with van der Waals surface area (Å²) in [5, 5.41) is 2.89. The highest BCUT2D eigenvalue weighted by atomic mass is 16.5. The topological polar surface area (TPSA) is 64.3 Å². The lowest BCUT2D eigenvalue weighted by Gasteiger charge is -2.08. The molecule has 1 amide bonds. The van der Waals surface area contributed by atoms with E-state index in [1.807, 2.05) is 0 Å². The number of benzene rings is 1. The highest BCUT2D eigenvalue weighted by Crippen LogP contribution is 2.21. The fraction of sp³-hybridized carbons (Fsp3) is 0.500. The lowest BCUT2D eigenvalue weighted by Crippen LogP contribution is -2.24. The van der Waals surface area contributed by atoms with Gasteiger partial charge in [0.2, 0.25) is 0 Å². The third-order valence-corrected chi connectivity index (χ3v) is 2.81. The van der Waals surface area contributed by atoms with Crippen LogP contribution in [-0.2, 0) is 0 Å². The van der Waals surface area contributed by atoms with Crippen molar-refractivity contribution in [2.75, 3.05) is 19.4 Å². The number of nitrogens with two attached hydrogens (primary N) is 1. The summed E-state index contributed by atoms with van der Waals surface area (Å²) in [5.74, 6) is 0.510. The number of methoxy groups -OCH3 is 1. The summed E-state index contributed by atoms with van der Waals surface area (Å²) in [7, 11) is 1.55. The van der Waals surface area contributed by atoms with Crippen molar-refractivity contribution in [3.8, 4) is 5.75 Å². The van der Waals surface area contributed by atoms with Crippen LogP contribution in [0, 0.1) is 0 Å². The molecule has 3 N–H and O–H groups in total. The molecule has 100 valence electrons. The maximum absolute atomic E-state index is 11.8. The molecule has 0 spiro atoms. The van der Waals surface area contributed by atoms with Crippen molar-refractivity contribution in [1.29, 1.82) is 0 Å². The van der Waals surface area contributed by atoms with Crippen LogP contribution in [0.3, 0.4) is 0 Å². The maximum atomic E-state index is 11.8. The first kappa shape index (κ1) is 14.4. The zero-order valence-electron chi connectivity index (χ0n) is 11.2. The first-order chi connectivity index (χ1) is 8.69. The molecule has 0 saturated carbocycles. The molecule has 0 aromatic heterocycles. The third kappa shape index (κ3) is 4.28. The van der Waals surface area contributed by atoms with Gasteiger partial charge in [-0.2, -0.15) is 0 Å². The van der Waals surface area contributed by atoms with E-state index in [0.717, 1.165) is 12.8 Å². The summed E-state index contributed by atoms with van der Waals surface area (Å²) in [6, 6.07) is 5.07. The molecule has 0 bridgehead atoms. The number of ether oxygens (including phenoxy) is 1. The minimum Gasteiger partial charge on any atom is -0.495 e. The molecule has 0 aliphatic carbocycles. The van der Waals surface area contributed by atoms with Gasteiger partial charge in [-0.15, -0.1) is 0 Å². The SMILES string of the molecule is CCCCCCNC(=O)c1ccc(OC)c(N)c1. The number of rotatable bonds is 7. The van der Waals surface area contributed by atoms with E-state index < -0.39 is 0 Å². The number of hydrogen-bond acceptors (Lipinski definition) is 3. The van der Waals surface area contributed by atoms with Crippen molar-refractivity contribution >= 4 is 11.6 Å². The molecule has 0 heterocycles. The standard InChI is InChI=1S/C14H22N2O2/c1-3-4-5-6-9-16-14(17)11-7-8-13(18-2)12(15)10-11/h7-8,10H,3-6,9,15H2,1-2H3,(H,16,17). The average Bonchev–Trinajstić information content (AvgIpc) is 2.38. The van der Waals surface area contributed by atoms with Crippen LogP contribution in [0.4, 0.5) is 5.69 Å². The van der Waals surface area contributed by atoms with Crippen LogP contribution >= 0.6 is 0 Å². The van der Waals surface area contributed by atoms with E-state index in [9.17, 15) is 4.79 Å². The van der Waals surface area contributed by atoms with Gasteiger partial charge in [0.25, 0.3) is 5.91 Å². The summed E-state index contributed by atoms with van der Waals surface area (Å²) in [6.45, 7) is 2.88. The molecule has 4 heteroatoms. The van der Waals surface area contributed by atoms with Gasteiger partial charge >= 0.3 is 0 Å². The van der Waals surface area contributed by atoms with Gasteiger partial charge in [0.1, 0.15) is 5.75 Å². The zero-order chi connectivity index (χ0) is 13.4. The van der Waals surface area contributed by atoms with Crippen molar-refractivity contribution in [3.05, 3.63) is 23.8 Å². The van der Waals surface area contributed by atoms with E-state index in [0.29, 0.717) is 23.5 Å². The van der Waals surface area contributed by atoms with Crippen LogP contribution < -0.4 is 15.8 Å². The second-order valence-corrected chi connectivity index (χ2v) is 4.27. The molecular formula is C14H22N2O2. The number of anilines is 1. The lowest BCUT2D eigenvalue weighted by atomic mass is 10.1. The largest absolute Gasteiger partial charge is 0.495 e. The first-order valence-corrected chi connectivity index (χ1v) is 6.40. The van der Waals surface area contributed by atoms with Crippen LogP contribution in [0.1, 0.15) is 43.0 Å². The molecule has 0 saturated heterocycles. The van der Waals surface area contributed by atoms with E-state index in [2.05, 4.69) is 12.2 Å². The smallest absolute Gasteiger partial charge is 0.251 e. The number of nitrogen functional groups attached to an aromatic ring is 1. The number of carbonyl (C=O) groups excluding carboxylic acids is 1. The first-order valence-electron chi connectivity index (χ1n) is 6.40. The zero-order valence-corrected chi connectivity index (χ0v) is 11.2.